The highest BCUT2D eigenvalue weighted by molar-refractivity contribution is 5.85. The summed E-state index contributed by atoms with van der Waals surface area (Å²) >= 11 is 0. The van der Waals surface area contributed by atoms with E-state index in [-0.39, 0.29) is 18.4 Å². The summed E-state index contributed by atoms with van der Waals surface area (Å²) in [5, 5.41) is 5.78. The van der Waals surface area contributed by atoms with Gasteiger partial charge in [-0.25, -0.2) is 0 Å². The topological polar surface area (TPSA) is 50.4 Å². The minimum Gasteiger partial charge on any atom is -0.362 e. The average molecular weight is 291 g/mol. The van der Waals surface area contributed by atoms with Gasteiger partial charge in [-0.1, -0.05) is 6.92 Å². The Kier molecular flexibility index (Phi) is 7.58. The molecule has 1 saturated heterocycles. The number of nitrogens with one attached hydrogen (secondary N) is 2. The maximum atomic E-state index is 11.8. The van der Waals surface area contributed by atoms with Gasteiger partial charge in [-0.2, -0.15) is 13.2 Å². The number of carbonyl (C=O) groups is 1. The summed E-state index contributed by atoms with van der Waals surface area (Å²) in [5.74, 6) is -0.183. The number of piperidine rings is 1. The molecule has 2 N–H and O–H groups in total. The summed E-state index contributed by atoms with van der Waals surface area (Å²) in [6.07, 6.45) is -3.45. The van der Waals surface area contributed by atoms with Crippen molar-refractivity contribution in [3.05, 3.63) is 0 Å². The van der Waals surface area contributed by atoms with Gasteiger partial charge in [0.25, 0.3) is 0 Å². The van der Waals surface area contributed by atoms with Gasteiger partial charge in [0.2, 0.25) is 5.91 Å². The molecule has 0 saturated carbocycles. The first kappa shape index (κ1) is 17.5. The normalized spacial score (nSPS) is 24.2. The number of ether oxygens (including phenoxy) is 1. The molecule has 0 aromatic rings. The summed E-state index contributed by atoms with van der Waals surface area (Å²) in [4.78, 5) is 11.3. The third-order valence-electron chi connectivity index (χ3n) is 2.67. The Morgan fingerprint density at radius 1 is 1.50 bits per heavy atom. The van der Waals surface area contributed by atoms with E-state index >= 15 is 0 Å². The van der Waals surface area contributed by atoms with E-state index in [0.29, 0.717) is 12.5 Å². The molecule has 2 unspecified atom stereocenters. The van der Waals surface area contributed by atoms with Crippen LogP contribution < -0.4 is 10.6 Å². The molecule has 8 heteroatoms. The largest absolute Gasteiger partial charge is 0.411 e. The van der Waals surface area contributed by atoms with Gasteiger partial charge < -0.3 is 15.4 Å². The zero-order valence-corrected chi connectivity index (χ0v) is 10.9. The van der Waals surface area contributed by atoms with Crippen LogP contribution in [0.3, 0.4) is 0 Å². The molecule has 0 spiro atoms. The van der Waals surface area contributed by atoms with Gasteiger partial charge in [-0.3, -0.25) is 4.79 Å². The predicted molar refractivity (Wildman–Crippen MR) is 62.7 cm³/mol. The lowest BCUT2D eigenvalue weighted by Gasteiger charge is -2.30. The highest BCUT2D eigenvalue weighted by Gasteiger charge is 2.28. The van der Waals surface area contributed by atoms with Crippen LogP contribution in [0.25, 0.3) is 0 Å². The highest BCUT2D eigenvalue weighted by atomic mass is 35.5. The van der Waals surface area contributed by atoms with E-state index in [4.69, 9.17) is 0 Å². The van der Waals surface area contributed by atoms with Crippen molar-refractivity contribution in [3.63, 3.8) is 0 Å². The van der Waals surface area contributed by atoms with E-state index in [0.717, 1.165) is 13.0 Å². The van der Waals surface area contributed by atoms with Gasteiger partial charge in [-0.15, -0.1) is 12.4 Å². The van der Waals surface area contributed by atoms with Crippen molar-refractivity contribution in [2.75, 3.05) is 26.3 Å². The molecule has 1 fully saturated rings. The Morgan fingerprint density at radius 3 is 2.72 bits per heavy atom. The van der Waals surface area contributed by atoms with Crippen LogP contribution in [0.4, 0.5) is 13.2 Å². The maximum Gasteiger partial charge on any atom is 0.411 e. The molecule has 0 bridgehead atoms. The number of hydrogen-bond donors (Lipinski definition) is 2. The van der Waals surface area contributed by atoms with Crippen LogP contribution in [0.5, 0.6) is 0 Å². The van der Waals surface area contributed by atoms with Crippen molar-refractivity contribution in [1.29, 1.82) is 0 Å². The lowest BCUT2D eigenvalue weighted by atomic mass is 9.95. The molecular weight excluding hydrogens is 273 g/mol. The smallest absolute Gasteiger partial charge is 0.362 e. The second-order valence-corrected chi connectivity index (χ2v) is 4.25. The third kappa shape index (κ3) is 7.03. The third-order valence-corrected chi connectivity index (χ3v) is 2.67. The van der Waals surface area contributed by atoms with Crippen LogP contribution in [-0.4, -0.2) is 44.4 Å². The monoisotopic (exact) mass is 290 g/mol. The molecule has 1 aliphatic rings. The summed E-state index contributed by atoms with van der Waals surface area (Å²) in [7, 11) is 0. The molecule has 108 valence electrons. The first-order chi connectivity index (χ1) is 7.88. The van der Waals surface area contributed by atoms with Crippen LogP contribution in [0.2, 0.25) is 0 Å². The average Bonchev–Trinajstić information content (AvgIpc) is 2.19. The van der Waals surface area contributed by atoms with Crippen LogP contribution >= 0.6 is 12.4 Å². The lowest BCUT2D eigenvalue weighted by molar-refractivity contribution is -0.175. The van der Waals surface area contributed by atoms with Gasteiger partial charge in [0, 0.05) is 12.6 Å². The fraction of sp³-hybridized carbons (Fsp3) is 0.900. The number of hydrogen-bond acceptors (Lipinski definition) is 3. The number of amides is 1. The summed E-state index contributed by atoms with van der Waals surface area (Å²) in [6.45, 7) is 1.61. The van der Waals surface area contributed by atoms with E-state index in [1.807, 2.05) is 6.92 Å². The van der Waals surface area contributed by atoms with Crippen molar-refractivity contribution in [2.45, 2.75) is 25.6 Å². The molecule has 0 aromatic carbocycles. The maximum absolute atomic E-state index is 11.8. The molecular formula is C10H18ClF3N2O2. The first-order valence-corrected chi connectivity index (χ1v) is 5.53. The zero-order valence-electron chi connectivity index (χ0n) is 10.0. The van der Waals surface area contributed by atoms with Crippen LogP contribution in [-0.2, 0) is 9.53 Å². The van der Waals surface area contributed by atoms with Crippen LogP contribution in [0.15, 0.2) is 0 Å². The minimum atomic E-state index is -4.39. The van der Waals surface area contributed by atoms with Crippen molar-refractivity contribution < 1.29 is 22.7 Å². The van der Waals surface area contributed by atoms with Gasteiger partial charge >= 0.3 is 6.18 Å². The number of alkyl halides is 3. The Morgan fingerprint density at radius 2 is 2.17 bits per heavy atom. The number of halogens is 4. The van der Waals surface area contributed by atoms with Crippen LogP contribution in [0, 0.1) is 5.92 Å². The zero-order chi connectivity index (χ0) is 12.9. The SMILES string of the molecule is CC1CCNCC1NC(=O)COCC(F)(F)F.Cl. The highest BCUT2D eigenvalue weighted by Crippen LogP contribution is 2.14. The molecule has 4 nitrogen and oxygen atoms in total. The minimum absolute atomic E-state index is 0. The van der Waals surface area contributed by atoms with E-state index < -0.39 is 25.3 Å². The molecule has 18 heavy (non-hydrogen) atoms. The van der Waals surface area contributed by atoms with Crippen molar-refractivity contribution in [1.82, 2.24) is 10.6 Å². The molecule has 0 radical (unpaired) electrons. The van der Waals surface area contributed by atoms with Crippen LogP contribution in [0.1, 0.15) is 13.3 Å². The van der Waals surface area contributed by atoms with Gasteiger partial charge in [-0.05, 0) is 18.9 Å². The predicted octanol–water partition coefficient (Wildman–Crippen LogP) is 1.10. The van der Waals surface area contributed by atoms with Gasteiger partial charge in [0.15, 0.2) is 0 Å². The van der Waals surface area contributed by atoms with Crippen molar-refractivity contribution in [2.24, 2.45) is 5.92 Å². The molecule has 0 aromatic heterocycles. The molecule has 0 aliphatic carbocycles. The standard InChI is InChI=1S/C10H17F3N2O2.ClH/c1-7-2-3-14-4-8(7)15-9(16)5-17-6-10(11,12)13;/h7-8,14H,2-6H2,1H3,(H,15,16);1H. The number of rotatable bonds is 4. The molecule has 1 rings (SSSR count). The van der Waals surface area contributed by atoms with E-state index in [1.165, 1.54) is 0 Å². The number of carbonyl (C=O) groups excluding carboxylic acids is 1. The van der Waals surface area contributed by atoms with Gasteiger partial charge in [0.1, 0.15) is 13.2 Å². The fourth-order valence-electron chi connectivity index (χ4n) is 1.69. The first-order valence-electron chi connectivity index (χ1n) is 5.53. The Labute approximate surface area is 110 Å². The van der Waals surface area contributed by atoms with E-state index in [1.54, 1.807) is 0 Å². The Hall–Kier alpha value is -0.530. The van der Waals surface area contributed by atoms with Crippen molar-refractivity contribution in [3.8, 4) is 0 Å². The summed E-state index contributed by atoms with van der Waals surface area (Å²) in [6, 6.07) is -0.0364. The van der Waals surface area contributed by atoms with E-state index in [9.17, 15) is 18.0 Å². The quantitative estimate of drug-likeness (QED) is 0.815. The Bertz CT molecular complexity index is 264. The Balaban J connectivity index is 0.00000289. The van der Waals surface area contributed by atoms with Gasteiger partial charge in [0.05, 0.1) is 0 Å². The van der Waals surface area contributed by atoms with Crippen molar-refractivity contribution >= 4 is 18.3 Å². The fourth-order valence-corrected chi connectivity index (χ4v) is 1.69. The van der Waals surface area contributed by atoms with E-state index in [2.05, 4.69) is 15.4 Å². The second kappa shape index (κ2) is 7.81. The molecule has 1 amide bonds. The summed E-state index contributed by atoms with van der Waals surface area (Å²) < 4.78 is 39.6. The molecule has 2 atom stereocenters. The lowest BCUT2D eigenvalue weighted by Crippen LogP contribution is -2.51. The molecule has 1 heterocycles. The second-order valence-electron chi connectivity index (χ2n) is 4.25. The summed E-state index contributed by atoms with van der Waals surface area (Å²) in [5.41, 5.74) is 0. The molecule has 1 aliphatic heterocycles.